The molecule has 0 atom stereocenters. The number of benzene rings is 1. The van der Waals surface area contributed by atoms with Gasteiger partial charge in [0, 0.05) is 10.1 Å². The summed E-state index contributed by atoms with van der Waals surface area (Å²) in [5.41, 5.74) is -1.25. The zero-order valence-corrected chi connectivity index (χ0v) is 10.0. The molecule has 0 aliphatic heterocycles. The highest BCUT2D eigenvalue weighted by molar-refractivity contribution is 8.00. The van der Waals surface area contributed by atoms with Gasteiger partial charge in [0.2, 0.25) is 0 Å². The van der Waals surface area contributed by atoms with E-state index >= 15 is 0 Å². The molecule has 0 saturated heterocycles. The first kappa shape index (κ1) is 13.9. The molecule has 0 heterocycles. The zero-order valence-electron chi connectivity index (χ0n) is 9.21. The first-order valence-electron chi connectivity index (χ1n) is 4.83. The second kappa shape index (κ2) is 5.00. The van der Waals surface area contributed by atoms with Gasteiger partial charge in [-0.05, 0) is 18.2 Å². The number of hydrogen-bond acceptors (Lipinski definition) is 2. The van der Waals surface area contributed by atoms with Crippen molar-refractivity contribution >= 4 is 17.7 Å². The fraction of sp³-hybridized carbons (Fsp3) is 0.364. The molecule has 0 bridgehead atoms. The van der Waals surface area contributed by atoms with E-state index in [4.69, 9.17) is 5.11 Å². The second-order valence-electron chi connectivity index (χ2n) is 3.68. The summed E-state index contributed by atoms with van der Waals surface area (Å²) in [5, 5.41) is 8.99. The first-order chi connectivity index (χ1) is 7.71. The molecular formula is C11H11F3O2S. The molecule has 0 aliphatic carbocycles. The van der Waals surface area contributed by atoms with Gasteiger partial charge in [-0.3, -0.25) is 0 Å². The van der Waals surface area contributed by atoms with Gasteiger partial charge in [-0.25, -0.2) is 4.79 Å². The van der Waals surface area contributed by atoms with Crippen LogP contribution in [0.3, 0.4) is 0 Å². The molecule has 0 spiro atoms. The summed E-state index contributed by atoms with van der Waals surface area (Å²) < 4.78 is 37.3. The molecule has 0 aliphatic rings. The third-order valence-electron chi connectivity index (χ3n) is 1.90. The maximum Gasteiger partial charge on any atom is 0.416 e. The minimum absolute atomic E-state index is 0.102. The van der Waals surface area contributed by atoms with E-state index in [0.717, 1.165) is 6.07 Å². The van der Waals surface area contributed by atoms with Gasteiger partial charge in [-0.1, -0.05) is 13.8 Å². The molecule has 0 radical (unpaired) electrons. The summed E-state index contributed by atoms with van der Waals surface area (Å²) in [5.74, 6) is -1.35. The molecule has 0 aromatic heterocycles. The summed E-state index contributed by atoms with van der Waals surface area (Å²) in [6.07, 6.45) is -4.52. The van der Waals surface area contributed by atoms with Crippen molar-refractivity contribution in [3.05, 3.63) is 29.3 Å². The van der Waals surface area contributed by atoms with Crippen molar-refractivity contribution in [2.75, 3.05) is 0 Å². The van der Waals surface area contributed by atoms with Crippen molar-refractivity contribution in [3.8, 4) is 0 Å². The smallest absolute Gasteiger partial charge is 0.416 e. The first-order valence-corrected chi connectivity index (χ1v) is 5.71. The Morgan fingerprint density at radius 3 is 2.35 bits per heavy atom. The normalized spacial score (nSPS) is 11.9. The van der Waals surface area contributed by atoms with Gasteiger partial charge in [0.05, 0.1) is 11.1 Å². The molecule has 6 heteroatoms. The lowest BCUT2D eigenvalue weighted by atomic mass is 10.1. The number of hydrogen-bond donors (Lipinski definition) is 1. The molecule has 0 unspecified atom stereocenters. The fourth-order valence-electron chi connectivity index (χ4n) is 1.23. The topological polar surface area (TPSA) is 37.3 Å². The van der Waals surface area contributed by atoms with Crippen LogP contribution >= 0.6 is 11.8 Å². The van der Waals surface area contributed by atoms with Crippen LogP contribution in [0.25, 0.3) is 0 Å². The largest absolute Gasteiger partial charge is 0.478 e. The van der Waals surface area contributed by atoms with Gasteiger partial charge >= 0.3 is 12.1 Å². The van der Waals surface area contributed by atoms with Crippen LogP contribution in [0.4, 0.5) is 13.2 Å². The molecule has 94 valence electrons. The summed E-state index contributed by atoms with van der Waals surface area (Å²) in [7, 11) is 0. The number of alkyl halides is 3. The van der Waals surface area contributed by atoms with E-state index in [9.17, 15) is 18.0 Å². The Bertz CT molecular complexity index is 427. The fourth-order valence-corrected chi connectivity index (χ4v) is 2.16. The molecule has 1 rings (SSSR count). The number of rotatable bonds is 3. The summed E-state index contributed by atoms with van der Waals surface area (Å²) in [4.78, 5) is 11.2. The number of halogens is 3. The monoisotopic (exact) mass is 264 g/mol. The van der Waals surface area contributed by atoms with Crippen LogP contribution < -0.4 is 0 Å². The number of carboxylic acid groups (broad SMARTS) is 1. The third-order valence-corrected chi connectivity index (χ3v) is 2.98. The van der Waals surface area contributed by atoms with Crippen molar-refractivity contribution in [3.63, 3.8) is 0 Å². The Morgan fingerprint density at radius 1 is 1.35 bits per heavy atom. The van der Waals surface area contributed by atoms with Crippen LogP contribution in [0, 0.1) is 0 Å². The Morgan fingerprint density at radius 2 is 1.94 bits per heavy atom. The molecular weight excluding hydrogens is 253 g/mol. The molecule has 0 saturated carbocycles. The average Bonchev–Trinajstić information content (AvgIpc) is 2.15. The van der Waals surface area contributed by atoms with Gasteiger partial charge < -0.3 is 5.11 Å². The molecule has 0 fully saturated rings. The third kappa shape index (κ3) is 3.66. The van der Waals surface area contributed by atoms with Crippen LogP contribution in [-0.2, 0) is 6.18 Å². The maximum atomic E-state index is 12.4. The Hall–Kier alpha value is -1.17. The Labute approximate surface area is 101 Å². The zero-order chi connectivity index (χ0) is 13.2. The Kier molecular flexibility index (Phi) is 4.08. The highest BCUT2D eigenvalue weighted by Crippen LogP contribution is 2.34. The van der Waals surface area contributed by atoms with Crippen molar-refractivity contribution < 1.29 is 23.1 Å². The Balaban J connectivity index is 3.22. The summed E-state index contributed by atoms with van der Waals surface area (Å²) in [6, 6.07) is 2.78. The van der Waals surface area contributed by atoms with Crippen LogP contribution in [0.15, 0.2) is 23.1 Å². The predicted octanol–water partition coefficient (Wildman–Crippen LogP) is 3.90. The van der Waals surface area contributed by atoms with Crippen LogP contribution in [0.2, 0.25) is 0 Å². The quantitative estimate of drug-likeness (QED) is 0.841. The van der Waals surface area contributed by atoms with Crippen molar-refractivity contribution in [2.24, 2.45) is 0 Å². The van der Waals surface area contributed by atoms with E-state index in [1.165, 1.54) is 17.8 Å². The molecule has 17 heavy (non-hydrogen) atoms. The number of thioether (sulfide) groups is 1. The minimum atomic E-state index is -4.52. The molecule has 2 nitrogen and oxygen atoms in total. The predicted molar refractivity (Wildman–Crippen MR) is 59.4 cm³/mol. The van der Waals surface area contributed by atoms with Crippen molar-refractivity contribution in [2.45, 2.75) is 30.2 Å². The van der Waals surface area contributed by atoms with E-state index < -0.39 is 17.7 Å². The van der Waals surface area contributed by atoms with Gasteiger partial charge in [0.1, 0.15) is 0 Å². The van der Waals surface area contributed by atoms with E-state index in [1.807, 2.05) is 13.8 Å². The summed E-state index contributed by atoms with van der Waals surface area (Å²) >= 11 is 1.22. The van der Waals surface area contributed by atoms with Crippen molar-refractivity contribution in [1.29, 1.82) is 0 Å². The number of aromatic carboxylic acids is 1. The van der Waals surface area contributed by atoms with Gasteiger partial charge in [-0.2, -0.15) is 13.2 Å². The van der Waals surface area contributed by atoms with Gasteiger partial charge in [0.25, 0.3) is 0 Å². The van der Waals surface area contributed by atoms with E-state index in [-0.39, 0.29) is 10.8 Å². The van der Waals surface area contributed by atoms with E-state index in [0.29, 0.717) is 11.0 Å². The average molecular weight is 264 g/mol. The van der Waals surface area contributed by atoms with Crippen molar-refractivity contribution in [1.82, 2.24) is 0 Å². The van der Waals surface area contributed by atoms with Crippen LogP contribution in [-0.4, -0.2) is 16.3 Å². The van der Waals surface area contributed by atoms with Gasteiger partial charge in [-0.15, -0.1) is 11.8 Å². The molecule has 1 aromatic rings. The lowest BCUT2D eigenvalue weighted by molar-refractivity contribution is -0.137. The van der Waals surface area contributed by atoms with E-state index in [2.05, 4.69) is 0 Å². The second-order valence-corrected chi connectivity index (χ2v) is 5.30. The molecule has 1 aromatic carbocycles. The summed E-state index contributed by atoms with van der Waals surface area (Å²) in [6.45, 7) is 3.68. The highest BCUT2D eigenvalue weighted by Gasteiger charge is 2.31. The van der Waals surface area contributed by atoms with Crippen LogP contribution in [0.5, 0.6) is 0 Å². The lowest BCUT2D eigenvalue weighted by Crippen LogP contribution is -2.08. The van der Waals surface area contributed by atoms with Crippen LogP contribution in [0.1, 0.15) is 29.8 Å². The molecule has 1 N–H and O–H groups in total. The van der Waals surface area contributed by atoms with Gasteiger partial charge in [0.15, 0.2) is 0 Å². The highest BCUT2D eigenvalue weighted by atomic mass is 32.2. The minimum Gasteiger partial charge on any atom is -0.478 e. The lowest BCUT2D eigenvalue weighted by Gasteiger charge is -2.12. The van der Waals surface area contributed by atoms with E-state index in [1.54, 1.807) is 0 Å². The maximum absolute atomic E-state index is 12.4. The number of carbonyl (C=O) groups is 1. The molecule has 0 amide bonds. The standard InChI is InChI=1S/C11H11F3O2S/c1-6(2)17-9-4-3-7(11(12,13)14)5-8(9)10(15)16/h3-6H,1-2H3,(H,15,16). The SMILES string of the molecule is CC(C)Sc1ccc(C(F)(F)F)cc1C(=O)O. The number of carboxylic acids is 1.